The Bertz CT molecular complexity index is 113. The summed E-state index contributed by atoms with van der Waals surface area (Å²) in [7, 11) is 0. The first kappa shape index (κ1) is 7.59. The van der Waals surface area contributed by atoms with Gasteiger partial charge in [0, 0.05) is 0 Å². The van der Waals surface area contributed by atoms with Gasteiger partial charge in [-0.05, 0) is 0 Å². The van der Waals surface area contributed by atoms with E-state index in [1.165, 1.54) is 6.21 Å². The second-order valence-electron chi connectivity index (χ2n) is 1.36. The summed E-state index contributed by atoms with van der Waals surface area (Å²) in [5.74, 6) is 0.0613. The van der Waals surface area contributed by atoms with E-state index in [1.807, 2.05) is 0 Å². The predicted molar refractivity (Wildman–Crippen MR) is 33.6 cm³/mol. The highest BCUT2D eigenvalue weighted by atomic mass is 35.5. The van der Waals surface area contributed by atoms with Crippen molar-refractivity contribution >= 4 is 24.4 Å². The number of ketones is 1. The Morgan fingerprint density at radius 1 is 1.75 bits per heavy atom. The van der Waals surface area contributed by atoms with Crippen LogP contribution >= 0.6 is 12.4 Å². The minimum atomic E-state index is 0. The number of carbonyl (C=O) groups excluding carboxylic acids is 1. The quantitative estimate of drug-likeness (QED) is 0.490. The maximum absolute atomic E-state index is 10.3. The highest BCUT2D eigenvalue weighted by Crippen LogP contribution is 1.73. The molecule has 0 radical (unpaired) electrons. The summed E-state index contributed by atoms with van der Waals surface area (Å²) in [6.45, 7) is 1.04. The van der Waals surface area contributed by atoms with Crippen molar-refractivity contribution in [2.45, 2.75) is 0 Å². The fraction of sp³-hybridized carbons (Fsp3) is 0.500. The van der Waals surface area contributed by atoms with Crippen LogP contribution in [0.1, 0.15) is 0 Å². The molecule has 0 aromatic rings. The van der Waals surface area contributed by atoms with Gasteiger partial charge in [0.2, 0.25) is 0 Å². The fourth-order valence-electron chi connectivity index (χ4n) is 0.437. The first-order valence-corrected chi connectivity index (χ1v) is 2.13. The first-order chi connectivity index (χ1) is 3.39. The van der Waals surface area contributed by atoms with E-state index in [1.54, 1.807) is 0 Å². The molecule has 0 amide bonds. The van der Waals surface area contributed by atoms with Crippen LogP contribution in [0.5, 0.6) is 0 Å². The highest BCUT2D eigenvalue weighted by molar-refractivity contribution is 6.28. The second-order valence-corrected chi connectivity index (χ2v) is 1.36. The summed E-state index contributed by atoms with van der Waals surface area (Å²) in [6.07, 6.45) is 1.36. The molecule has 0 unspecified atom stereocenters. The molecular formula is C4H7ClN2O. The zero-order valence-corrected chi connectivity index (χ0v) is 5.07. The van der Waals surface area contributed by atoms with Crippen molar-refractivity contribution in [1.82, 2.24) is 5.32 Å². The van der Waals surface area contributed by atoms with Crippen LogP contribution in [-0.4, -0.2) is 25.2 Å². The highest BCUT2D eigenvalue weighted by Gasteiger charge is 1.98. The van der Waals surface area contributed by atoms with E-state index in [2.05, 4.69) is 10.3 Å². The third-order valence-corrected chi connectivity index (χ3v) is 0.738. The molecule has 0 atom stereocenters. The minimum Gasteiger partial charge on any atom is -0.292 e. The van der Waals surface area contributed by atoms with E-state index >= 15 is 0 Å². The standard InChI is InChI=1S/C4H6N2O.ClH/c7-4-1-5-3-6-2-4;/h1,6H,2-3H2;1H. The summed E-state index contributed by atoms with van der Waals surface area (Å²) in [6, 6.07) is 0. The number of hydrogen-bond donors (Lipinski definition) is 1. The average molecular weight is 135 g/mol. The van der Waals surface area contributed by atoms with Gasteiger partial charge in [-0.3, -0.25) is 15.1 Å². The third kappa shape index (κ3) is 2.04. The number of rotatable bonds is 0. The van der Waals surface area contributed by atoms with Crippen LogP contribution in [0.15, 0.2) is 4.99 Å². The average Bonchev–Trinajstić information content (AvgIpc) is 1.69. The lowest BCUT2D eigenvalue weighted by Crippen LogP contribution is -2.28. The van der Waals surface area contributed by atoms with Crippen molar-refractivity contribution in [3.05, 3.63) is 0 Å². The van der Waals surface area contributed by atoms with Crippen LogP contribution in [-0.2, 0) is 4.79 Å². The Kier molecular flexibility index (Phi) is 3.39. The summed E-state index contributed by atoms with van der Waals surface area (Å²) in [5.41, 5.74) is 0. The van der Waals surface area contributed by atoms with Crippen LogP contribution in [0.4, 0.5) is 0 Å². The summed E-state index contributed by atoms with van der Waals surface area (Å²) in [5, 5.41) is 2.79. The maximum Gasteiger partial charge on any atom is 0.187 e. The molecule has 46 valence electrons. The fourth-order valence-corrected chi connectivity index (χ4v) is 0.437. The van der Waals surface area contributed by atoms with Crippen molar-refractivity contribution in [3.63, 3.8) is 0 Å². The van der Waals surface area contributed by atoms with Crippen molar-refractivity contribution < 1.29 is 4.79 Å². The van der Waals surface area contributed by atoms with Crippen molar-refractivity contribution in [3.8, 4) is 0 Å². The van der Waals surface area contributed by atoms with Crippen molar-refractivity contribution in [2.24, 2.45) is 4.99 Å². The topological polar surface area (TPSA) is 41.5 Å². The number of halogens is 1. The molecule has 0 bridgehead atoms. The Morgan fingerprint density at radius 3 is 2.75 bits per heavy atom. The van der Waals surface area contributed by atoms with Gasteiger partial charge >= 0.3 is 0 Å². The summed E-state index contributed by atoms with van der Waals surface area (Å²) in [4.78, 5) is 13.9. The van der Waals surface area contributed by atoms with Gasteiger partial charge in [-0.1, -0.05) is 0 Å². The maximum atomic E-state index is 10.3. The summed E-state index contributed by atoms with van der Waals surface area (Å²) < 4.78 is 0. The Balaban J connectivity index is 0.000000490. The van der Waals surface area contributed by atoms with Crippen LogP contribution < -0.4 is 5.32 Å². The molecule has 0 spiro atoms. The van der Waals surface area contributed by atoms with Crippen molar-refractivity contribution in [1.29, 1.82) is 0 Å². The van der Waals surface area contributed by atoms with Gasteiger partial charge in [0.25, 0.3) is 0 Å². The van der Waals surface area contributed by atoms with Gasteiger partial charge in [0.15, 0.2) is 5.78 Å². The number of aliphatic imine (C=N–C) groups is 1. The van der Waals surface area contributed by atoms with E-state index in [0.717, 1.165) is 0 Å². The molecule has 1 N–H and O–H groups in total. The Morgan fingerprint density at radius 2 is 2.50 bits per heavy atom. The van der Waals surface area contributed by atoms with Gasteiger partial charge in [0.1, 0.15) is 0 Å². The van der Waals surface area contributed by atoms with Gasteiger partial charge < -0.3 is 0 Å². The molecule has 4 heteroatoms. The van der Waals surface area contributed by atoms with Crippen LogP contribution in [0.2, 0.25) is 0 Å². The molecule has 0 saturated heterocycles. The normalized spacial score (nSPS) is 17.8. The van der Waals surface area contributed by atoms with Gasteiger partial charge in [-0.25, -0.2) is 0 Å². The molecule has 1 aliphatic rings. The summed E-state index contributed by atoms with van der Waals surface area (Å²) >= 11 is 0. The van der Waals surface area contributed by atoms with E-state index in [9.17, 15) is 4.79 Å². The zero-order valence-electron chi connectivity index (χ0n) is 4.26. The zero-order chi connectivity index (χ0) is 5.11. The molecule has 0 saturated carbocycles. The monoisotopic (exact) mass is 134 g/mol. The SMILES string of the molecule is Cl.O=C1C=NCNC1. The lowest BCUT2D eigenvalue weighted by molar-refractivity contribution is -0.112. The molecule has 0 aliphatic carbocycles. The molecule has 0 fully saturated rings. The van der Waals surface area contributed by atoms with Gasteiger partial charge in [0.05, 0.1) is 19.4 Å². The second kappa shape index (κ2) is 3.57. The molecule has 1 aliphatic heterocycles. The van der Waals surface area contributed by atoms with E-state index in [4.69, 9.17) is 0 Å². The van der Waals surface area contributed by atoms with Gasteiger partial charge in [-0.15, -0.1) is 12.4 Å². The van der Waals surface area contributed by atoms with Crippen molar-refractivity contribution in [2.75, 3.05) is 13.2 Å². The number of carbonyl (C=O) groups is 1. The number of nitrogens with zero attached hydrogens (tertiary/aromatic N) is 1. The molecule has 8 heavy (non-hydrogen) atoms. The van der Waals surface area contributed by atoms with E-state index in [-0.39, 0.29) is 18.2 Å². The first-order valence-electron chi connectivity index (χ1n) is 2.13. The van der Waals surface area contributed by atoms with Crippen LogP contribution in [0.25, 0.3) is 0 Å². The minimum absolute atomic E-state index is 0. The van der Waals surface area contributed by atoms with E-state index < -0.39 is 0 Å². The van der Waals surface area contributed by atoms with E-state index in [0.29, 0.717) is 13.2 Å². The molecule has 3 nitrogen and oxygen atoms in total. The Labute approximate surface area is 53.6 Å². The lowest BCUT2D eigenvalue weighted by Gasteiger charge is -2.00. The number of nitrogens with one attached hydrogen (secondary N) is 1. The predicted octanol–water partition coefficient (Wildman–Crippen LogP) is -0.391. The number of hydrogen-bond acceptors (Lipinski definition) is 3. The molecule has 1 rings (SSSR count). The molecule has 1 heterocycles. The molecular weight excluding hydrogens is 128 g/mol. The molecule has 0 aromatic carbocycles. The largest absolute Gasteiger partial charge is 0.292 e. The van der Waals surface area contributed by atoms with Gasteiger partial charge in [-0.2, -0.15) is 0 Å². The Hall–Kier alpha value is -0.410. The lowest BCUT2D eigenvalue weighted by atomic mass is 10.4. The molecule has 0 aromatic heterocycles. The number of Topliss-reactive ketones (excluding diaryl/α,β-unsaturated/α-hetero) is 1. The smallest absolute Gasteiger partial charge is 0.187 e. The third-order valence-electron chi connectivity index (χ3n) is 0.738. The van der Waals surface area contributed by atoms with Crippen LogP contribution in [0, 0.1) is 0 Å². The van der Waals surface area contributed by atoms with Crippen LogP contribution in [0.3, 0.4) is 0 Å².